The summed E-state index contributed by atoms with van der Waals surface area (Å²) < 4.78 is 38.4. The van der Waals surface area contributed by atoms with Crippen LogP contribution in [0.25, 0.3) is 0 Å². The maximum atomic E-state index is 12.6. The molecule has 0 fully saturated rings. The van der Waals surface area contributed by atoms with E-state index in [2.05, 4.69) is 15.9 Å². The molecule has 0 spiro atoms. The Balaban J connectivity index is 2.98. The monoisotopic (exact) mass is 339 g/mol. The first-order valence-corrected chi connectivity index (χ1v) is 6.87. The molecule has 1 rings (SSSR count). The number of hydrogen-bond donors (Lipinski definition) is 2. The number of aliphatic hydroxyl groups is 1. The van der Waals surface area contributed by atoms with Crippen LogP contribution < -0.4 is 5.73 Å². The lowest BCUT2D eigenvalue weighted by Gasteiger charge is -2.21. The van der Waals surface area contributed by atoms with Crippen molar-refractivity contribution in [1.82, 2.24) is 0 Å². The van der Waals surface area contributed by atoms with Crippen LogP contribution in [0.1, 0.15) is 43.4 Å². The summed E-state index contributed by atoms with van der Waals surface area (Å²) >= 11 is 3.18. The molecule has 0 aromatic heterocycles. The molecule has 0 aliphatic rings. The molecule has 0 amide bonds. The fraction of sp³-hybridized carbons (Fsp3) is 0.538. The van der Waals surface area contributed by atoms with Crippen molar-refractivity contribution >= 4 is 15.9 Å². The van der Waals surface area contributed by atoms with E-state index in [1.54, 1.807) is 0 Å². The van der Waals surface area contributed by atoms with E-state index >= 15 is 0 Å². The van der Waals surface area contributed by atoms with E-state index in [4.69, 9.17) is 5.73 Å². The van der Waals surface area contributed by atoms with Crippen molar-refractivity contribution in [2.75, 3.05) is 0 Å². The molecule has 108 valence electrons. The van der Waals surface area contributed by atoms with E-state index < -0.39 is 23.9 Å². The van der Waals surface area contributed by atoms with Crippen LogP contribution in [0, 0.1) is 0 Å². The number of rotatable bonds is 5. The molecule has 0 bridgehead atoms. The minimum Gasteiger partial charge on any atom is -0.391 e. The molecule has 0 radical (unpaired) electrons. The van der Waals surface area contributed by atoms with E-state index in [-0.39, 0.29) is 5.56 Å². The molecule has 0 unspecified atom stereocenters. The number of benzene rings is 1. The van der Waals surface area contributed by atoms with Crippen LogP contribution >= 0.6 is 15.9 Å². The summed E-state index contributed by atoms with van der Waals surface area (Å²) in [5.41, 5.74) is 5.36. The van der Waals surface area contributed by atoms with Crippen LogP contribution in [0.15, 0.2) is 22.7 Å². The number of hydrogen-bond acceptors (Lipinski definition) is 2. The maximum absolute atomic E-state index is 12.6. The molecule has 3 N–H and O–H groups in total. The Morgan fingerprint density at radius 2 is 2.00 bits per heavy atom. The van der Waals surface area contributed by atoms with Gasteiger partial charge in [0.2, 0.25) is 0 Å². The Labute approximate surface area is 118 Å². The Hall–Kier alpha value is -0.590. The van der Waals surface area contributed by atoms with Gasteiger partial charge in [0.05, 0.1) is 17.7 Å². The fourth-order valence-corrected chi connectivity index (χ4v) is 2.29. The molecule has 1 aromatic carbocycles. The summed E-state index contributed by atoms with van der Waals surface area (Å²) in [6.07, 6.45) is -3.11. The number of nitrogens with two attached hydrogens (primary N) is 1. The van der Waals surface area contributed by atoms with Gasteiger partial charge in [-0.25, -0.2) is 0 Å². The SMILES string of the molecule is CCCC[C@@H](O)[C@@H](N)c1cc(C(F)(F)F)ccc1Br. The molecule has 19 heavy (non-hydrogen) atoms. The number of aliphatic hydroxyl groups excluding tert-OH is 1. The largest absolute Gasteiger partial charge is 0.416 e. The highest BCUT2D eigenvalue weighted by molar-refractivity contribution is 9.10. The molecule has 0 heterocycles. The van der Waals surface area contributed by atoms with Gasteiger partial charge in [0.15, 0.2) is 0 Å². The predicted molar refractivity (Wildman–Crippen MR) is 71.6 cm³/mol. The van der Waals surface area contributed by atoms with Gasteiger partial charge in [-0.15, -0.1) is 0 Å². The van der Waals surface area contributed by atoms with Gasteiger partial charge >= 0.3 is 6.18 Å². The first kappa shape index (κ1) is 16.5. The van der Waals surface area contributed by atoms with Crippen molar-refractivity contribution in [3.05, 3.63) is 33.8 Å². The van der Waals surface area contributed by atoms with Gasteiger partial charge in [0.25, 0.3) is 0 Å². The predicted octanol–water partition coefficient (Wildman–Crippen LogP) is 4.02. The normalized spacial score (nSPS) is 15.3. The van der Waals surface area contributed by atoms with Crippen LogP contribution in [-0.4, -0.2) is 11.2 Å². The Bertz CT molecular complexity index is 423. The van der Waals surface area contributed by atoms with Gasteiger partial charge in [0.1, 0.15) is 0 Å². The second-order valence-electron chi connectivity index (χ2n) is 4.47. The first-order chi connectivity index (χ1) is 8.77. The van der Waals surface area contributed by atoms with Gasteiger partial charge in [-0.3, -0.25) is 0 Å². The van der Waals surface area contributed by atoms with Crippen LogP contribution in [0.2, 0.25) is 0 Å². The highest BCUT2D eigenvalue weighted by Gasteiger charge is 2.32. The van der Waals surface area contributed by atoms with Crippen molar-refractivity contribution in [1.29, 1.82) is 0 Å². The van der Waals surface area contributed by atoms with Crippen molar-refractivity contribution in [2.45, 2.75) is 44.5 Å². The van der Waals surface area contributed by atoms with Crippen molar-refractivity contribution in [3.63, 3.8) is 0 Å². The highest BCUT2D eigenvalue weighted by atomic mass is 79.9. The van der Waals surface area contributed by atoms with Gasteiger partial charge in [0, 0.05) is 4.47 Å². The minimum atomic E-state index is -4.41. The lowest BCUT2D eigenvalue weighted by atomic mass is 9.97. The van der Waals surface area contributed by atoms with E-state index in [1.165, 1.54) is 6.07 Å². The Morgan fingerprint density at radius 1 is 1.37 bits per heavy atom. The third-order valence-electron chi connectivity index (χ3n) is 2.95. The summed E-state index contributed by atoms with van der Waals surface area (Å²) in [7, 11) is 0. The summed E-state index contributed by atoms with van der Waals surface area (Å²) in [6, 6.07) is 2.45. The molecular weight excluding hydrogens is 323 g/mol. The van der Waals surface area contributed by atoms with Gasteiger partial charge in [-0.05, 0) is 30.2 Å². The minimum absolute atomic E-state index is 0.276. The highest BCUT2D eigenvalue weighted by Crippen LogP contribution is 2.34. The van der Waals surface area contributed by atoms with Crippen LogP contribution in [-0.2, 0) is 6.18 Å². The van der Waals surface area contributed by atoms with Crippen molar-refractivity contribution in [3.8, 4) is 0 Å². The van der Waals surface area contributed by atoms with E-state index in [1.807, 2.05) is 6.92 Å². The number of alkyl halides is 3. The smallest absolute Gasteiger partial charge is 0.391 e. The van der Waals surface area contributed by atoms with E-state index in [9.17, 15) is 18.3 Å². The molecule has 2 nitrogen and oxygen atoms in total. The topological polar surface area (TPSA) is 46.2 Å². The average Bonchev–Trinajstić information content (AvgIpc) is 2.34. The third kappa shape index (κ3) is 4.47. The first-order valence-electron chi connectivity index (χ1n) is 6.07. The second-order valence-corrected chi connectivity index (χ2v) is 5.32. The maximum Gasteiger partial charge on any atom is 0.416 e. The van der Waals surface area contributed by atoms with Gasteiger partial charge in [-0.1, -0.05) is 35.7 Å². The molecule has 0 saturated heterocycles. The molecule has 2 atom stereocenters. The zero-order chi connectivity index (χ0) is 14.6. The Morgan fingerprint density at radius 3 is 2.53 bits per heavy atom. The molecule has 1 aromatic rings. The van der Waals surface area contributed by atoms with Crippen molar-refractivity contribution in [2.24, 2.45) is 5.73 Å². The fourth-order valence-electron chi connectivity index (χ4n) is 1.78. The van der Waals surface area contributed by atoms with Crippen LogP contribution in [0.5, 0.6) is 0 Å². The Kier molecular flexibility index (Phi) is 5.82. The summed E-state index contributed by atoms with van der Waals surface area (Å²) in [6.45, 7) is 1.97. The molecule has 0 aliphatic carbocycles. The van der Waals surface area contributed by atoms with Gasteiger partial charge < -0.3 is 10.8 Å². The van der Waals surface area contributed by atoms with Gasteiger partial charge in [-0.2, -0.15) is 13.2 Å². The van der Waals surface area contributed by atoms with E-state index in [0.717, 1.165) is 25.0 Å². The summed E-state index contributed by atoms with van der Waals surface area (Å²) in [5.74, 6) is 0. The molecule has 0 saturated carbocycles. The molecular formula is C13H17BrF3NO. The summed E-state index contributed by atoms with van der Waals surface area (Å²) in [4.78, 5) is 0. The third-order valence-corrected chi connectivity index (χ3v) is 3.67. The van der Waals surface area contributed by atoms with Crippen LogP contribution in [0.4, 0.5) is 13.2 Å². The molecule has 6 heteroatoms. The van der Waals surface area contributed by atoms with Crippen molar-refractivity contribution < 1.29 is 18.3 Å². The van der Waals surface area contributed by atoms with Crippen LogP contribution in [0.3, 0.4) is 0 Å². The quantitative estimate of drug-likeness (QED) is 0.851. The second kappa shape index (κ2) is 6.72. The number of unbranched alkanes of at least 4 members (excludes halogenated alkanes) is 1. The summed E-state index contributed by atoms with van der Waals surface area (Å²) in [5, 5.41) is 9.89. The zero-order valence-corrected chi connectivity index (χ0v) is 12.1. The lowest BCUT2D eigenvalue weighted by molar-refractivity contribution is -0.137. The number of halogens is 4. The molecule has 0 aliphatic heterocycles. The van der Waals surface area contributed by atoms with E-state index in [0.29, 0.717) is 10.9 Å². The zero-order valence-electron chi connectivity index (χ0n) is 10.5. The lowest BCUT2D eigenvalue weighted by Crippen LogP contribution is -2.27. The average molecular weight is 340 g/mol. The standard InChI is InChI=1S/C13H17BrF3NO/c1-2-3-4-11(19)12(18)9-7-8(13(15,16)17)5-6-10(9)14/h5-7,11-12,19H,2-4,18H2,1H3/t11-,12+/m1/s1.